The summed E-state index contributed by atoms with van der Waals surface area (Å²) < 4.78 is 0. The number of aromatic hydroxyl groups is 1. The zero-order valence-electron chi connectivity index (χ0n) is 9.36. The third kappa shape index (κ3) is 1.98. The van der Waals surface area contributed by atoms with E-state index in [-0.39, 0.29) is 5.75 Å². The molecule has 0 aliphatic rings. The van der Waals surface area contributed by atoms with Crippen molar-refractivity contribution in [1.82, 2.24) is 4.98 Å². The molecule has 0 bridgehead atoms. The van der Waals surface area contributed by atoms with Crippen molar-refractivity contribution in [3.05, 3.63) is 41.7 Å². The first kappa shape index (κ1) is 10.5. The van der Waals surface area contributed by atoms with Crippen molar-refractivity contribution >= 4 is 5.69 Å². The molecular formula is C13H14N2O. The van der Waals surface area contributed by atoms with Crippen LogP contribution in [-0.4, -0.2) is 10.1 Å². The van der Waals surface area contributed by atoms with Crippen LogP contribution >= 0.6 is 0 Å². The lowest BCUT2D eigenvalue weighted by atomic mass is 10.0. The Morgan fingerprint density at radius 3 is 2.19 bits per heavy atom. The van der Waals surface area contributed by atoms with Crippen molar-refractivity contribution in [2.24, 2.45) is 0 Å². The molecule has 0 unspecified atom stereocenters. The predicted octanol–water partition coefficient (Wildman–Crippen LogP) is 2.65. The molecule has 16 heavy (non-hydrogen) atoms. The highest BCUT2D eigenvalue weighted by Gasteiger charge is 2.03. The average Bonchev–Trinajstić information content (AvgIpc) is 2.20. The summed E-state index contributed by atoms with van der Waals surface area (Å²) >= 11 is 0. The highest BCUT2D eigenvalue weighted by Crippen LogP contribution is 2.28. The largest absolute Gasteiger partial charge is 0.506 e. The highest BCUT2D eigenvalue weighted by atomic mass is 16.3. The van der Waals surface area contributed by atoms with E-state index in [9.17, 15) is 5.11 Å². The summed E-state index contributed by atoms with van der Waals surface area (Å²) in [6.45, 7) is 3.92. The third-order valence-corrected chi connectivity index (χ3v) is 2.44. The van der Waals surface area contributed by atoms with Gasteiger partial charge in [0.15, 0.2) is 0 Å². The quantitative estimate of drug-likeness (QED) is 0.566. The number of rotatable bonds is 1. The van der Waals surface area contributed by atoms with E-state index in [0.717, 1.165) is 22.5 Å². The van der Waals surface area contributed by atoms with Gasteiger partial charge in [-0.3, -0.25) is 4.98 Å². The van der Waals surface area contributed by atoms with E-state index in [2.05, 4.69) is 4.98 Å². The smallest absolute Gasteiger partial charge is 0.138 e. The van der Waals surface area contributed by atoms with Crippen LogP contribution in [0.15, 0.2) is 30.3 Å². The van der Waals surface area contributed by atoms with Crippen LogP contribution in [0.4, 0.5) is 5.69 Å². The van der Waals surface area contributed by atoms with Crippen LogP contribution in [0, 0.1) is 13.8 Å². The second-order valence-corrected chi connectivity index (χ2v) is 3.91. The average molecular weight is 214 g/mol. The number of phenols is 1. The van der Waals surface area contributed by atoms with Crippen LogP contribution < -0.4 is 5.73 Å². The Bertz CT molecular complexity index is 515. The maximum Gasteiger partial charge on any atom is 0.138 e. The number of aromatic nitrogens is 1. The summed E-state index contributed by atoms with van der Waals surface area (Å²) in [6.07, 6.45) is 0. The van der Waals surface area contributed by atoms with Gasteiger partial charge in [-0.15, -0.1) is 0 Å². The number of nitrogens with zero attached hydrogens (tertiary/aromatic N) is 1. The number of aryl methyl sites for hydroxylation is 2. The van der Waals surface area contributed by atoms with Gasteiger partial charge >= 0.3 is 0 Å². The van der Waals surface area contributed by atoms with Gasteiger partial charge in [-0.2, -0.15) is 0 Å². The van der Waals surface area contributed by atoms with E-state index in [0.29, 0.717) is 5.69 Å². The Kier molecular flexibility index (Phi) is 2.52. The molecule has 0 atom stereocenters. The van der Waals surface area contributed by atoms with Crippen LogP contribution in [0.3, 0.4) is 0 Å². The van der Waals surface area contributed by atoms with Crippen LogP contribution in [0.1, 0.15) is 11.4 Å². The lowest BCUT2D eigenvalue weighted by molar-refractivity contribution is 0.478. The van der Waals surface area contributed by atoms with Crippen molar-refractivity contribution in [3.8, 4) is 16.9 Å². The van der Waals surface area contributed by atoms with Gasteiger partial charge in [0.05, 0.1) is 5.69 Å². The molecule has 0 amide bonds. The van der Waals surface area contributed by atoms with E-state index in [4.69, 9.17) is 5.73 Å². The Balaban J connectivity index is 2.54. The second kappa shape index (κ2) is 3.85. The number of pyridine rings is 1. The Morgan fingerprint density at radius 1 is 1.00 bits per heavy atom. The van der Waals surface area contributed by atoms with Crippen molar-refractivity contribution in [3.63, 3.8) is 0 Å². The SMILES string of the molecule is Cc1cc(-c2ccc(O)c(N)c2)cc(C)n1. The maximum atomic E-state index is 9.36. The lowest BCUT2D eigenvalue weighted by Crippen LogP contribution is -1.90. The van der Waals surface area contributed by atoms with Crippen LogP contribution in [-0.2, 0) is 0 Å². The molecule has 0 saturated heterocycles. The van der Waals surface area contributed by atoms with Crippen molar-refractivity contribution in [2.45, 2.75) is 13.8 Å². The highest BCUT2D eigenvalue weighted by molar-refractivity contribution is 5.70. The topological polar surface area (TPSA) is 59.1 Å². The predicted molar refractivity (Wildman–Crippen MR) is 65.2 cm³/mol. The van der Waals surface area contributed by atoms with Crippen molar-refractivity contribution in [1.29, 1.82) is 0 Å². The number of nitrogens with two attached hydrogens (primary N) is 1. The molecule has 2 rings (SSSR count). The molecule has 0 spiro atoms. The van der Waals surface area contributed by atoms with E-state index < -0.39 is 0 Å². The van der Waals surface area contributed by atoms with E-state index in [1.165, 1.54) is 0 Å². The van der Waals surface area contributed by atoms with E-state index >= 15 is 0 Å². The minimum absolute atomic E-state index is 0.117. The van der Waals surface area contributed by atoms with Gasteiger partial charge in [-0.1, -0.05) is 6.07 Å². The van der Waals surface area contributed by atoms with Crippen LogP contribution in [0.25, 0.3) is 11.1 Å². The minimum Gasteiger partial charge on any atom is -0.506 e. The fourth-order valence-electron chi connectivity index (χ4n) is 1.74. The van der Waals surface area contributed by atoms with E-state index in [1.807, 2.05) is 32.0 Å². The summed E-state index contributed by atoms with van der Waals surface area (Å²) in [5, 5.41) is 9.36. The Labute approximate surface area is 94.6 Å². The molecule has 82 valence electrons. The summed E-state index contributed by atoms with van der Waals surface area (Å²) in [5.74, 6) is 0.117. The summed E-state index contributed by atoms with van der Waals surface area (Å²) in [6, 6.07) is 9.22. The molecule has 1 aromatic heterocycles. The van der Waals surface area contributed by atoms with Gasteiger partial charge in [-0.05, 0) is 49.2 Å². The van der Waals surface area contributed by atoms with Crippen molar-refractivity contribution in [2.75, 3.05) is 5.73 Å². The molecular weight excluding hydrogens is 200 g/mol. The summed E-state index contributed by atoms with van der Waals surface area (Å²) in [7, 11) is 0. The number of benzene rings is 1. The summed E-state index contributed by atoms with van der Waals surface area (Å²) in [5.41, 5.74) is 10.1. The van der Waals surface area contributed by atoms with E-state index in [1.54, 1.807) is 12.1 Å². The summed E-state index contributed by atoms with van der Waals surface area (Å²) in [4.78, 5) is 4.32. The molecule has 1 heterocycles. The third-order valence-electron chi connectivity index (χ3n) is 2.44. The zero-order valence-corrected chi connectivity index (χ0v) is 9.36. The minimum atomic E-state index is 0.117. The number of phenolic OH excluding ortho intramolecular Hbond substituents is 1. The fraction of sp³-hybridized carbons (Fsp3) is 0.154. The molecule has 0 fully saturated rings. The van der Waals surface area contributed by atoms with Gasteiger partial charge in [0.1, 0.15) is 5.75 Å². The van der Waals surface area contributed by atoms with Gasteiger partial charge in [0.2, 0.25) is 0 Å². The first-order chi connectivity index (χ1) is 7.56. The zero-order chi connectivity index (χ0) is 11.7. The Hall–Kier alpha value is -2.03. The fourth-order valence-corrected chi connectivity index (χ4v) is 1.74. The number of hydrogen-bond acceptors (Lipinski definition) is 3. The standard InChI is InChI=1S/C13H14N2O/c1-8-5-11(6-9(2)15-8)10-3-4-13(16)12(14)7-10/h3-7,16H,14H2,1-2H3. The normalized spacial score (nSPS) is 10.4. The first-order valence-electron chi connectivity index (χ1n) is 5.10. The second-order valence-electron chi connectivity index (χ2n) is 3.91. The Morgan fingerprint density at radius 2 is 1.62 bits per heavy atom. The van der Waals surface area contributed by atoms with Gasteiger partial charge in [0, 0.05) is 11.4 Å². The number of anilines is 1. The monoisotopic (exact) mass is 214 g/mol. The molecule has 0 saturated carbocycles. The van der Waals surface area contributed by atoms with Gasteiger partial charge in [0.25, 0.3) is 0 Å². The molecule has 1 aromatic carbocycles. The van der Waals surface area contributed by atoms with Gasteiger partial charge < -0.3 is 10.8 Å². The van der Waals surface area contributed by atoms with Crippen molar-refractivity contribution < 1.29 is 5.11 Å². The molecule has 2 aromatic rings. The molecule has 3 nitrogen and oxygen atoms in total. The maximum absolute atomic E-state index is 9.36. The molecule has 3 heteroatoms. The van der Waals surface area contributed by atoms with Gasteiger partial charge in [-0.25, -0.2) is 0 Å². The first-order valence-corrected chi connectivity index (χ1v) is 5.10. The molecule has 0 aliphatic carbocycles. The van der Waals surface area contributed by atoms with Crippen LogP contribution in [0.5, 0.6) is 5.75 Å². The molecule has 0 aliphatic heterocycles. The number of nitrogen functional groups attached to an aromatic ring is 1. The molecule has 3 N–H and O–H groups in total. The van der Waals surface area contributed by atoms with Crippen LogP contribution in [0.2, 0.25) is 0 Å². The number of hydrogen-bond donors (Lipinski definition) is 2. The molecule has 0 radical (unpaired) electrons. The lowest BCUT2D eigenvalue weighted by Gasteiger charge is -2.06.